The Morgan fingerprint density at radius 2 is 2.43 bits per heavy atom. The SMILES string of the molecule is CCCNc1cn2ccnc2c(NC2CCC(=O)NC2)n1. The highest BCUT2D eigenvalue weighted by Gasteiger charge is 2.19. The number of rotatable bonds is 5. The summed E-state index contributed by atoms with van der Waals surface area (Å²) in [5, 5.41) is 9.56. The lowest BCUT2D eigenvalue weighted by Crippen LogP contribution is -2.42. The lowest BCUT2D eigenvalue weighted by Gasteiger charge is -2.24. The Bertz CT molecular complexity index is 627. The van der Waals surface area contributed by atoms with Gasteiger partial charge in [0.1, 0.15) is 5.82 Å². The van der Waals surface area contributed by atoms with Gasteiger partial charge in [-0.1, -0.05) is 6.92 Å². The first-order chi connectivity index (χ1) is 10.3. The molecule has 21 heavy (non-hydrogen) atoms. The summed E-state index contributed by atoms with van der Waals surface area (Å²) in [6, 6.07) is 0.192. The third kappa shape index (κ3) is 3.07. The monoisotopic (exact) mass is 288 g/mol. The van der Waals surface area contributed by atoms with Gasteiger partial charge in [-0.25, -0.2) is 9.97 Å². The minimum Gasteiger partial charge on any atom is -0.369 e. The minimum atomic E-state index is 0.116. The van der Waals surface area contributed by atoms with E-state index in [1.807, 2.05) is 16.8 Å². The van der Waals surface area contributed by atoms with Crippen molar-refractivity contribution in [3.8, 4) is 0 Å². The van der Waals surface area contributed by atoms with Crippen LogP contribution in [0.15, 0.2) is 18.6 Å². The molecule has 0 saturated carbocycles. The van der Waals surface area contributed by atoms with E-state index in [-0.39, 0.29) is 11.9 Å². The molecule has 0 radical (unpaired) electrons. The molecule has 112 valence electrons. The van der Waals surface area contributed by atoms with E-state index in [1.54, 1.807) is 6.20 Å². The van der Waals surface area contributed by atoms with Crippen molar-refractivity contribution in [2.75, 3.05) is 23.7 Å². The van der Waals surface area contributed by atoms with Gasteiger partial charge < -0.3 is 20.4 Å². The highest BCUT2D eigenvalue weighted by Crippen LogP contribution is 2.19. The molecule has 2 aromatic heterocycles. The number of piperidine rings is 1. The Balaban J connectivity index is 1.82. The predicted octanol–water partition coefficient (Wildman–Crippen LogP) is 1.24. The van der Waals surface area contributed by atoms with Crippen molar-refractivity contribution in [2.45, 2.75) is 32.2 Å². The number of carbonyl (C=O) groups is 1. The fourth-order valence-corrected chi connectivity index (χ4v) is 2.42. The van der Waals surface area contributed by atoms with Crippen molar-refractivity contribution < 1.29 is 4.79 Å². The molecule has 1 aliphatic heterocycles. The largest absolute Gasteiger partial charge is 0.369 e. The fraction of sp³-hybridized carbons (Fsp3) is 0.500. The van der Waals surface area contributed by atoms with Crippen LogP contribution in [-0.2, 0) is 4.79 Å². The molecule has 3 heterocycles. The summed E-state index contributed by atoms with van der Waals surface area (Å²) >= 11 is 0. The van der Waals surface area contributed by atoms with Crippen LogP contribution >= 0.6 is 0 Å². The molecule has 0 bridgehead atoms. The smallest absolute Gasteiger partial charge is 0.220 e. The average Bonchev–Trinajstić information content (AvgIpc) is 2.96. The van der Waals surface area contributed by atoms with Crippen LogP contribution < -0.4 is 16.0 Å². The van der Waals surface area contributed by atoms with Crippen molar-refractivity contribution >= 4 is 23.2 Å². The average molecular weight is 288 g/mol. The molecular weight excluding hydrogens is 268 g/mol. The molecule has 1 aliphatic rings. The first kappa shape index (κ1) is 13.7. The van der Waals surface area contributed by atoms with Gasteiger partial charge in [-0.05, 0) is 12.8 Å². The second-order valence-electron chi connectivity index (χ2n) is 5.24. The number of nitrogens with one attached hydrogen (secondary N) is 3. The minimum absolute atomic E-state index is 0.116. The first-order valence-corrected chi connectivity index (χ1v) is 7.37. The number of nitrogens with zero attached hydrogens (tertiary/aromatic N) is 3. The Hall–Kier alpha value is -2.31. The Labute approximate surface area is 123 Å². The highest BCUT2D eigenvalue weighted by molar-refractivity contribution is 5.77. The molecule has 7 nitrogen and oxygen atoms in total. The Kier molecular flexibility index (Phi) is 3.89. The van der Waals surface area contributed by atoms with Gasteiger partial charge in [0.2, 0.25) is 5.91 Å². The van der Waals surface area contributed by atoms with Gasteiger partial charge in [0, 0.05) is 37.9 Å². The molecule has 1 atom stereocenters. The van der Waals surface area contributed by atoms with E-state index in [2.05, 4.69) is 32.8 Å². The molecule has 1 amide bonds. The lowest BCUT2D eigenvalue weighted by atomic mass is 10.1. The van der Waals surface area contributed by atoms with Crippen molar-refractivity contribution in [3.63, 3.8) is 0 Å². The first-order valence-electron chi connectivity index (χ1n) is 7.37. The predicted molar refractivity (Wildman–Crippen MR) is 81.4 cm³/mol. The van der Waals surface area contributed by atoms with E-state index in [0.29, 0.717) is 13.0 Å². The van der Waals surface area contributed by atoms with Gasteiger partial charge in [-0.15, -0.1) is 0 Å². The van der Waals surface area contributed by atoms with E-state index in [1.165, 1.54) is 0 Å². The van der Waals surface area contributed by atoms with Crippen LogP contribution in [0.1, 0.15) is 26.2 Å². The van der Waals surface area contributed by atoms with Crippen LogP contribution in [-0.4, -0.2) is 39.4 Å². The molecule has 1 fully saturated rings. The van der Waals surface area contributed by atoms with Crippen LogP contribution in [0.4, 0.5) is 11.6 Å². The Morgan fingerprint density at radius 1 is 1.52 bits per heavy atom. The van der Waals surface area contributed by atoms with Crippen LogP contribution in [0.5, 0.6) is 0 Å². The molecule has 0 spiro atoms. The number of hydrogen-bond acceptors (Lipinski definition) is 5. The van der Waals surface area contributed by atoms with Crippen molar-refractivity contribution in [1.82, 2.24) is 19.7 Å². The van der Waals surface area contributed by atoms with Crippen LogP contribution in [0.3, 0.4) is 0 Å². The van der Waals surface area contributed by atoms with E-state index < -0.39 is 0 Å². The van der Waals surface area contributed by atoms with E-state index in [4.69, 9.17) is 0 Å². The zero-order valence-electron chi connectivity index (χ0n) is 12.1. The highest BCUT2D eigenvalue weighted by atomic mass is 16.1. The van der Waals surface area contributed by atoms with Gasteiger partial charge in [0.25, 0.3) is 0 Å². The van der Waals surface area contributed by atoms with E-state index in [9.17, 15) is 4.79 Å². The number of imidazole rings is 1. The molecule has 3 N–H and O–H groups in total. The maximum absolute atomic E-state index is 11.2. The number of fused-ring (bicyclic) bond motifs is 1. The summed E-state index contributed by atoms with van der Waals surface area (Å²) < 4.78 is 1.95. The van der Waals surface area contributed by atoms with Gasteiger partial charge in [-0.2, -0.15) is 0 Å². The molecule has 7 heteroatoms. The van der Waals surface area contributed by atoms with E-state index in [0.717, 1.165) is 36.7 Å². The van der Waals surface area contributed by atoms with Crippen molar-refractivity contribution in [2.24, 2.45) is 0 Å². The normalized spacial score (nSPS) is 18.5. The van der Waals surface area contributed by atoms with Gasteiger partial charge in [-0.3, -0.25) is 4.79 Å². The van der Waals surface area contributed by atoms with Crippen molar-refractivity contribution in [1.29, 1.82) is 0 Å². The molecular formula is C14H20N6O. The maximum atomic E-state index is 11.2. The van der Waals surface area contributed by atoms with Crippen LogP contribution in [0.2, 0.25) is 0 Å². The van der Waals surface area contributed by atoms with Gasteiger partial charge in [0.15, 0.2) is 11.5 Å². The molecule has 0 aromatic carbocycles. The fourth-order valence-electron chi connectivity index (χ4n) is 2.42. The number of aromatic nitrogens is 3. The third-order valence-electron chi connectivity index (χ3n) is 3.54. The zero-order valence-corrected chi connectivity index (χ0v) is 12.1. The van der Waals surface area contributed by atoms with Gasteiger partial charge >= 0.3 is 0 Å². The quantitative estimate of drug-likeness (QED) is 0.771. The summed E-state index contributed by atoms with van der Waals surface area (Å²) in [7, 11) is 0. The summed E-state index contributed by atoms with van der Waals surface area (Å²) in [4.78, 5) is 20.2. The summed E-state index contributed by atoms with van der Waals surface area (Å²) in [5.41, 5.74) is 0.800. The number of hydrogen-bond donors (Lipinski definition) is 3. The van der Waals surface area contributed by atoms with Crippen LogP contribution in [0, 0.1) is 0 Å². The van der Waals surface area contributed by atoms with Crippen LogP contribution in [0.25, 0.3) is 5.65 Å². The molecule has 0 aliphatic carbocycles. The topological polar surface area (TPSA) is 83.3 Å². The third-order valence-corrected chi connectivity index (χ3v) is 3.54. The second-order valence-corrected chi connectivity index (χ2v) is 5.24. The van der Waals surface area contributed by atoms with Gasteiger partial charge in [0.05, 0.1) is 6.20 Å². The molecule has 1 saturated heterocycles. The van der Waals surface area contributed by atoms with Crippen molar-refractivity contribution in [3.05, 3.63) is 18.6 Å². The summed E-state index contributed by atoms with van der Waals surface area (Å²) in [6.07, 6.45) is 8.01. The summed E-state index contributed by atoms with van der Waals surface area (Å²) in [6.45, 7) is 3.62. The molecule has 1 unspecified atom stereocenters. The lowest BCUT2D eigenvalue weighted by molar-refractivity contribution is -0.122. The van der Waals surface area contributed by atoms with E-state index >= 15 is 0 Å². The summed E-state index contributed by atoms with van der Waals surface area (Å²) in [5.74, 6) is 1.69. The number of anilines is 2. The standard InChI is InChI=1S/C14H20N6O/c1-2-5-15-11-9-20-7-6-16-14(20)13(19-11)18-10-3-4-12(21)17-8-10/h6-7,9-10,15H,2-5,8H2,1H3,(H,17,21)(H,18,19). The number of carbonyl (C=O) groups excluding carboxylic acids is 1. The maximum Gasteiger partial charge on any atom is 0.220 e. The Morgan fingerprint density at radius 3 is 3.19 bits per heavy atom. The molecule has 2 aromatic rings. The number of amides is 1. The zero-order chi connectivity index (χ0) is 14.7. The second kappa shape index (κ2) is 5.99. The molecule has 3 rings (SSSR count).